The van der Waals surface area contributed by atoms with Gasteiger partial charge in [0.15, 0.2) is 0 Å². The van der Waals surface area contributed by atoms with Gasteiger partial charge in [0.05, 0.1) is 17.4 Å². The van der Waals surface area contributed by atoms with Crippen molar-refractivity contribution in [2.24, 2.45) is 0 Å². The van der Waals surface area contributed by atoms with Gasteiger partial charge in [-0.3, -0.25) is 4.90 Å². The van der Waals surface area contributed by atoms with Crippen molar-refractivity contribution in [3.05, 3.63) is 108 Å². The number of nitrogens with zero attached hydrogens (tertiary/aromatic N) is 1. The molecule has 3 aromatic rings. The van der Waals surface area contributed by atoms with Gasteiger partial charge in [-0.05, 0) is 29.5 Å². The first-order valence-electron chi connectivity index (χ1n) is 10.7. The maximum absolute atomic E-state index is 12.0. The largest absolute Gasteiger partial charge is 0.390 e. The summed E-state index contributed by atoms with van der Waals surface area (Å²) < 4.78 is 24.0. The van der Waals surface area contributed by atoms with E-state index in [0.29, 0.717) is 0 Å². The van der Waals surface area contributed by atoms with E-state index in [0.717, 1.165) is 36.1 Å². The summed E-state index contributed by atoms with van der Waals surface area (Å²) in [7, 11) is -3.30. The van der Waals surface area contributed by atoms with Gasteiger partial charge in [-0.1, -0.05) is 91.0 Å². The topological polar surface area (TPSA) is 57.6 Å². The monoisotopic (exact) mass is 435 g/mol. The SMILES string of the molecule is CS(=O)(=O)C[C@H](O)[C@H]1CCCN1C(c1ccccc1)(c1ccccc1)c1ccccc1. The predicted molar refractivity (Wildman–Crippen MR) is 125 cm³/mol. The first-order valence-corrected chi connectivity index (χ1v) is 12.8. The molecule has 0 aromatic heterocycles. The predicted octanol–water partition coefficient (Wildman–Crippen LogP) is 3.85. The molecule has 5 heteroatoms. The molecule has 0 radical (unpaired) electrons. The Labute approximate surface area is 185 Å². The quantitative estimate of drug-likeness (QED) is 0.573. The lowest BCUT2D eigenvalue weighted by molar-refractivity contribution is 0.0452. The molecule has 1 saturated heterocycles. The molecule has 1 heterocycles. The lowest BCUT2D eigenvalue weighted by Crippen LogP contribution is -2.54. The van der Waals surface area contributed by atoms with Crippen LogP contribution in [0.25, 0.3) is 0 Å². The normalized spacial score (nSPS) is 18.7. The Hall–Kier alpha value is -2.47. The molecular weight excluding hydrogens is 406 g/mol. The van der Waals surface area contributed by atoms with Crippen molar-refractivity contribution in [3.63, 3.8) is 0 Å². The van der Waals surface area contributed by atoms with Crippen molar-refractivity contribution in [3.8, 4) is 0 Å². The second-order valence-corrected chi connectivity index (χ2v) is 10.6. The van der Waals surface area contributed by atoms with Gasteiger partial charge in [-0.2, -0.15) is 0 Å². The summed E-state index contributed by atoms with van der Waals surface area (Å²) >= 11 is 0. The molecule has 31 heavy (non-hydrogen) atoms. The van der Waals surface area contributed by atoms with Gasteiger partial charge in [0.25, 0.3) is 0 Å². The molecule has 1 N–H and O–H groups in total. The summed E-state index contributed by atoms with van der Waals surface area (Å²) in [4.78, 5) is 2.32. The van der Waals surface area contributed by atoms with Crippen LogP contribution < -0.4 is 0 Å². The maximum atomic E-state index is 12.0. The fourth-order valence-electron chi connectivity index (χ4n) is 5.07. The van der Waals surface area contributed by atoms with Crippen LogP contribution in [0.1, 0.15) is 29.5 Å². The Kier molecular flexibility index (Phi) is 6.28. The van der Waals surface area contributed by atoms with Gasteiger partial charge in [0, 0.05) is 18.8 Å². The highest BCUT2D eigenvalue weighted by Crippen LogP contribution is 2.46. The summed E-state index contributed by atoms with van der Waals surface area (Å²) in [6.07, 6.45) is 1.90. The third-order valence-corrected chi connectivity index (χ3v) is 7.17. The molecule has 2 atom stereocenters. The molecule has 0 spiro atoms. The molecule has 4 rings (SSSR count). The second kappa shape index (κ2) is 8.95. The van der Waals surface area contributed by atoms with E-state index < -0.39 is 21.5 Å². The summed E-state index contributed by atoms with van der Waals surface area (Å²) in [5.74, 6) is -0.234. The van der Waals surface area contributed by atoms with Gasteiger partial charge >= 0.3 is 0 Å². The van der Waals surface area contributed by atoms with Crippen LogP contribution in [0.3, 0.4) is 0 Å². The number of sulfone groups is 1. The van der Waals surface area contributed by atoms with Gasteiger partial charge in [-0.25, -0.2) is 8.42 Å². The van der Waals surface area contributed by atoms with Crippen molar-refractivity contribution < 1.29 is 13.5 Å². The minimum absolute atomic E-state index is 0.234. The maximum Gasteiger partial charge on any atom is 0.150 e. The van der Waals surface area contributed by atoms with E-state index >= 15 is 0 Å². The molecule has 1 aliphatic heterocycles. The van der Waals surface area contributed by atoms with Gasteiger partial charge in [0.2, 0.25) is 0 Å². The minimum atomic E-state index is -3.30. The fraction of sp³-hybridized carbons (Fsp3) is 0.308. The summed E-state index contributed by atoms with van der Waals surface area (Å²) in [5, 5.41) is 11.0. The van der Waals surface area contributed by atoms with Crippen LogP contribution in [-0.2, 0) is 15.4 Å². The molecular formula is C26H29NO3S. The molecule has 3 aromatic carbocycles. The van der Waals surface area contributed by atoms with Crippen LogP contribution in [-0.4, -0.2) is 49.1 Å². The van der Waals surface area contributed by atoms with Crippen molar-refractivity contribution in [1.29, 1.82) is 0 Å². The standard InChI is InChI=1S/C26H29NO3S/c1-31(29,30)20-25(28)24-18-11-19-27(24)26(21-12-5-2-6-13-21,22-14-7-3-8-15-22)23-16-9-4-10-17-23/h2-10,12-17,24-25,28H,11,18-20H2,1H3/t24-,25+/m1/s1. The van der Waals surface area contributed by atoms with Gasteiger partial charge in [0.1, 0.15) is 9.84 Å². The lowest BCUT2D eigenvalue weighted by Gasteiger charge is -2.47. The van der Waals surface area contributed by atoms with Crippen LogP contribution in [0, 0.1) is 0 Å². The summed E-state index contributed by atoms with van der Waals surface area (Å²) in [6.45, 7) is 0.768. The number of rotatable bonds is 7. The van der Waals surface area contributed by atoms with Crippen LogP contribution in [0.5, 0.6) is 0 Å². The Morgan fingerprint density at radius 1 is 0.871 bits per heavy atom. The zero-order valence-electron chi connectivity index (χ0n) is 17.8. The van der Waals surface area contributed by atoms with Gasteiger partial charge in [-0.15, -0.1) is 0 Å². The third kappa shape index (κ3) is 4.31. The van der Waals surface area contributed by atoms with Gasteiger partial charge < -0.3 is 5.11 Å². The average molecular weight is 436 g/mol. The number of likely N-dealkylation sites (tertiary alicyclic amines) is 1. The summed E-state index contributed by atoms with van der Waals surface area (Å²) in [6, 6.07) is 30.7. The Morgan fingerprint density at radius 3 is 1.68 bits per heavy atom. The smallest absolute Gasteiger partial charge is 0.150 e. The lowest BCUT2D eigenvalue weighted by atomic mass is 9.75. The van der Waals surface area contributed by atoms with Crippen LogP contribution in [0.4, 0.5) is 0 Å². The summed E-state index contributed by atoms with van der Waals surface area (Å²) in [5.41, 5.74) is 2.67. The first-order chi connectivity index (χ1) is 14.9. The highest BCUT2D eigenvalue weighted by molar-refractivity contribution is 7.90. The second-order valence-electron chi connectivity index (χ2n) is 8.37. The third-order valence-electron chi connectivity index (χ3n) is 6.22. The van der Waals surface area contributed by atoms with E-state index in [9.17, 15) is 13.5 Å². The highest BCUT2D eigenvalue weighted by Gasteiger charge is 2.48. The molecule has 1 fully saturated rings. The molecule has 0 saturated carbocycles. The zero-order valence-corrected chi connectivity index (χ0v) is 18.6. The van der Waals surface area contributed by atoms with Crippen LogP contribution in [0.2, 0.25) is 0 Å². The molecule has 0 bridgehead atoms. The van der Waals surface area contributed by atoms with Crippen molar-refractivity contribution in [2.45, 2.75) is 30.5 Å². The fourth-order valence-corrected chi connectivity index (χ4v) is 5.91. The number of benzene rings is 3. The molecule has 4 nitrogen and oxygen atoms in total. The average Bonchev–Trinajstić information content (AvgIpc) is 3.26. The van der Waals surface area contributed by atoms with Crippen LogP contribution in [0.15, 0.2) is 91.0 Å². The Morgan fingerprint density at radius 2 is 1.29 bits per heavy atom. The molecule has 0 amide bonds. The Bertz CT molecular complexity index is 989. The number of hydrogen-bond donors (Lipinski definition) is 1. The highest BCUT2D eigenvalue weighted by atomic mass is 32.2. The molecule has 1 aliphatic rings. The van der Waals surface area contributed by atoms with Crippen molar-refractivity contribution in [2.75, 3.05) is 18.6 Å². The zero-order chi connectivity index (χ0) is 21.9. The van der Waals surface area contributed by atoms with E-state index in [1.807, 2.05) is 54.6 Å². The van der Waals surface area contributed by atoms with E-state index in [4.69, 9.17) is 0 Å². The molecule has 0 unspecified atom stereocenters. The first kappa shape index (κ1) is 21.8. The van der Waals surface area contributed by atoms with Crippen molar-refractivity contribution in [1.82, 2.24) is 4.90 Å². The minimum Gasteiger partial charge on any atom is -0.390 e. The number of hydrogen-bond acceptors (Lipinski definition) is 4. The van der Waals surface area contributed by atoms with E-state index in [2.05, 4.69) is 41.3 Å². The number of aliphatic hydroxyl groups is 1. The Balaban J connectivity index is 1.96. The van der Waals surface area contributed by atoms with E-state index in [-0.39, 0.29) is 11.8 Å². The molecule has 0 aliphatic carbocycles. The van der Waals surface area contributed by atoms with E-state index in [1.54, 1.807) is 0 Å². The van der Waals surface area contributed by atoms with E-state index in [1.165, 1.54) is 6.26 Å². The number of aliphatic hydroxyl groups excluding tert-OH is 1. The van der Waals surface area contributed by atoms with Crippen molar-refractivity contribution >= 4 is 9.84 Å². The van der Waals surface area contributed by atoms with Crippen LogP contribution >= 0.6 is 0 Å². The molecule has 162 valence electrons.